The van der Waals surface area contributed by atoms with Crippen molar-refractivity contribution in [2.45, 2.75) is 26.7 Å². The number of hydrogen-bond donors (Lipinski definition) is 1. The molecule has 1 aromatic carbocycles. The Labute approximate surface area is 104 Å². The highest BCUT2D eigenvalue weighted by Gasteiger charge is 2.13. The lowest BCUT2D eigenvalue weighted by Gasteiger charge is -2.07. The molecule has 5 nitrogen and oxygen atoms in total. The van der Waals surface area contributed by atoms with E-state index in [1.54, 1.807) is 0 Å². The standard InChI is InChI=1S/C12H15FN2O3/c1-8(2)3-6-12(16)14-11-7-9(15(17)18)4-5-10(11)13/h4-5,7-8H,3,6H2,1-2H3,(H,14,16). The molecule has 0 aromatic heterocycles. The third kappa shape index (κ3) is 4.12. The third-order valence-electron chi connectivity index (χ3n) is 2.38. The van der Waals surface area contributed by atoms with Crippen molar-refractivity contribution >= 4 is 17.3 Å². The Kier molecular flexibility index (Phi) is 4.76. The van der Waals surface area contributed by atoms with Gasteiger partial charge in [-0.3, -0.25) is 14.9 Å². The fourth-order valence-corrected chi connectivity index (χ4v) is 1.36. The second-order valence-corrected chi connectivity index (χ2v) is 4.40. The van der Waals surface area contributed by atoms with Crippen LogP contribution in [0, 0.1) is 21.8 Å². The molecule has 0 fully saturated rings. The van der Waals surface area contributed by atoms with E-state index in [1.807, 2.05) is 13.8 Å². The van der Waals surface area contributed by atoms with E-state index >= 15 is 0 Å². The number of amides is 1. The largest absolute Gasteiger partial charge is 0.323 e. The van der Waals surface area contributed by atoms with Crippen LogP contribution in [-0.4, -0.2) is 10.8 Å². The summed E-state index contributed by atoms with van der Waals surface area (Å²) < 4.78 is 13.4. The number of benzene rings is 1. The first-order chi connectivity index (χ1) is 8.40. The van der Waals surface area contributed by atoms with Crippen LogP contribution in [0.25, 0.3) is 0 Å². The van der Waals surface area contributed by atoms with Gasteiger partial charge in [-0.25, -0.2) is 4.39 Å². The van der Waals surface area contributed by atoms with Crippen LogP contribution in [0.3, 0.4) is 0 Å². The molecule has 0 aliphatic rings. The van der Waals surface area contributed by atoms with Crippen LogP contribution in [0.5, 0.6) is 0 Å². The van der Waals surface area contributed by atoms with Crippen LogP contribution in [0.15, 0.2) is 18.2 Å². The number of nitrogens with one attached hydrogen (secondary N) is 1. The first kappa shape index (κ1) is 14.1. The number of carbonyl (C=O) groups is 1. The van der Waals surface area contributed by atoms with E-state index in [9.17, 15) is 19.3 Å². The van der Waals surface area contributed by atoms with Gasteiger partial charge in [0.15, 0.2) is 0 Å². The number of rotatable bonds is 5. The number of non-ortho nitro benzene ring substituents is 1. The second-order valence-electron chi connectivity index (χ2n) is 4.40. The molecule has 0 saturated carbocycles. The molecule has 0 aliphatic carbocycles. The molecule has 0 radical (unpaired) electrons. The number of halogens is 1. The lowest BCUT2D eigenvalue weighted by Crippen LogP contribution is -2.13. The van der Waals surface area contributed by atoms with E-state index in [-0.39, 0.29) is 23.7 Å². The number of carbonyl (C=O) groups excluding carboxylic acids is 1. The molecular formula is C12H15FN2O3. The third-order valence-corrected chi connectivity index (χ3v) is 2.38. The summed E-state index contributed by atoms with van der Waals surface area (Å²) in [6.07, 6.45) is 0.947. The Bertz CT molecular complexity index is 461. The van der Waals surface area contributed by atoms with E-state index in [4.69, 9.17) is 0 Å². The quantitative estimate of drug-likeness (QED) is 0.648. The second kappa shape index (κ2) is 6.09. The Balaban J connectivity index is 2.74. The molecule has 1 rings (SSSR count). The van der Waals surface area contributed by atoms with E-state index in [1.165, 1.54) is 0 Å². The predicted molar refractivity (Wildman–Crippen MR) is 65.8 cm³/mol. The molecule has 1 N–H and O–H groups in total. The summed E-state index contributed by atoms with van der Waals surface area (Å²) in [7, 11) is 0. The van der Waals surface area contributed by atoms with Crippen molar-refractivity contribution in [3.8, 4) is 0 Å². The minimum absolute atomic E-state index is 0.155. The molecule has 1 amide bonds. The first-order valence-electron chi connectivity index (χ1n) is 5.64. The Morgan fingerprint density at radius 3 is 2.72 bits per heavy atom. The van der Waals surface area contributed by atoms with Crippen molar-refractivity contribution in [3.05, 3.63) is 34.1 Å². The molecule has 1 aromatic rings. The van der Waals surface area contributed by atoms with Crippen LogP contribution >= 0.6 is 0 Å². The molecule has 0 heterocycles. The molecule has 0 atom stereocenters. The Morgan fingerprint density at radius 2 is 2.17 bits per heavy atom. The van der Waals surface area contributed by atoms with Crippen LogP contribution in [0.4, 0.5) is 15.8 Å². The molecule has 0 aliphatic heterocycles. The first-order valence-corrected chi connectivity index (χ1v) is 5.64. The van der Waals surface area contributed by atoms with Gasteiger partial charge in [0.1, 0.15) is 5.82 Å². The fraction of sp³-hybridized carbons (Fsp3) is 0.417. The van der Waals surface area contributed by atoms with Crippen LogP contribution in [0.1, 0.15) is 26.7 Å². The van der Waals surface area contributed by atoms with Gasteiger partial charge in [0.05, 0.1) is 10.6 Å². The van der Waals surface area contributed by atoms with Gasteiger partial charge >= 0.3 is 0 Å². The number of hydrogen-bond acceptors (Lipinski definition) is 3. The molecule has 6 heteroatoms. The monoisotopic (exact) mass is 254 g/mol. The van der Waals surface area contributed by atoms with Gasteiger partial charge in [-0.1, -0.05) is 13.8 Å². The zero-order chi connectivity index (χ0) is 13.7. The summed E-state index contributed by atoms with van der Waals surface area (Å²) in [5, 5.41) is 12.9. The lowest BCUT2D eigenvalue weighted by atomic mass is 10.1. The molecule has 0 saturated heterocycles. The average Bonchev–Trinajstić information content (AvgIpc) is 2.29. The summed E-state index contributed by atoms with van der Waals surface area (Å²) in [5.74, 6) is -0.660. The van der Waals surface area contributed by atoms with E-state index in [0.717, 1.165) is 18.2 Å². The van der Waals surface area contributed by atoms with Crippen molar-refractivity contribution < 1.29 is 14.1 Å². The van der Waals surface area contributed by atoms with Gasteiger partial charge in [-0.05, 0) is 18.4 Å². The smallest absolute Gasteiger partial charge is 0.271 e. The lowest BCUT2D eigenvalue weighted by molar-refractivity contribution is -0.384. The minimum Gasteiger partial charge on any atom is -0.323 e. The maximum absolute atomic E-state index is 13.4. The topological polar surface area (TPSA) is 72.2 Å². The van der Waals surface area contributed by atoms with Crippen LogP contribution in [-0.2, 0) is 4.79 Å². The van der Waals surface area contributed by atoms with Gasteiger partial charge in [0.25, 0.3) is 5.69 Å². The summed E-state index contributed by atoms with van der Waals surface area (Å²) in [6, 6.07) is 3.04. The maximum atomic E-state index is 13.4. The van der Waals surface area contributed by atoms with Crippen molar-refractivity contribution in [1.82, 2.24) is 0 Å². The highest BCUT2D eigenvalue weighted by Crippen LogP contribution is 2.21. The number of anilines is 1. The van der Waals surface area contributed by atoms with Gasteiger partial charge < -0.3 is 5.32 Å². The van der Waals surface area contributed by atoms with Gasteiger partial charge in [-0.15, -0.1) is 0 Å². The number of nitro benzene ring substituents is 1. The van der Waals surface area contributed by atoms with E-state index < -0.39 is 10.7 Å². The summed E-state index contributed by atoms with van der Waals surface area (Å²) in [4.78, 5) is 21.4. The minimum atomic E-state index is -0.682. The zero-order valence-corrected chi connectivity index (χ0v) is 10.3. The van der Waals surface area contributed by atoms with Gasteiger partial charge in [0, 0.05) is 18.6 Å². The SMILES string of the molecule is CC(C)CCC(=O)Nc1cc([N+](=O)[O-])ccc1F. The van der Waals surface area contributed by atoms with Gasteiger partial charge in [-0.2, -0.15) is 0 Å². The zero-order valence-electron chi connectivity index (χ0n) is 10.3. The maximum Gasteiger partial charge on any atom is 0.271 e. The summed E-state index contributed by atoms with van der Waals surface area (Å²) in [5.41, 5.74) is -0.409. The molecule has 18 heavy (non-hydrogen) atoms. The number of nitrogens with zero attached hydrogens (tertiary/aromatic N) is 1. The molecular weight excluding hydrogens is 239 g/mol. The Hall–Kier alpha value is -1.98. The summed E-state index contributed by atoms with van der Waals surface area (Å²) in [6.45, 7) is 3.95. The van der Waals surface area contributed by atoms with E-state index in [0.29, 0.717) is 12.3 Å². The van der Waals surface area contributed by atoms with E-state index in [2.05, 4.69) is 5.32 Å². The Morgan fingerprint density at radius 1 is 1.50 bits per heavy atom. The predicted octanol–water partition coefficient (Wildman–Crippen LogP) is 3.11. The molecule has 98 valence electrons. The molecule has 0 bridgehead atoms. The van der Waals surface area contributed by atoms with Crippen LogP contribution < -0.4 is 5.32 Å². The highest BCUT2D eigenvalue weighted by molar-refractivity contribution is 5.91. The summed E-state index contributed by atoms with van der Waals surface area (Å²) >= 11 is 0. The molecule has 0 spiro atoms. The number of nitro groups is 1. The highest BCUT2D eigenvalue weighted by atomic mass is 19.1. The van der Waals surface area contributed by atoms with Crippen molar-refractivity contribution in [1.29, 1.82) is 0 Å². The average molecular weight is 254 g/mol. The van der Waals surface area contributed by atoms with Crippen molar-refractivity contribution in [3.63, 3.8) is 0 Å². The normalized spacial score (nSPS) is 10.4. The van der Waals surface area contributed by atoms with Crippen LogP contribution in [0.2, 0.25) is 0 Å². The van der Waals surface area contributed by atoms with Gasteiger partial charge in [0.2, 0.25) is 5.91 Å². The van der Waals surface area contributed by atoms with Crippen molar-refractivity contribution in [2.24, 2.45) is 5.92 Å². The fourth-order valence-electron chi connectivity index (χ4n) is 1.36. The van der Waals surface area contributed by atoms with Crippen molar-refractivity contribution in [2.75, 3.05) is 5.32 Å². The molecule has 0 unspecified atom stereocenters.